The van der Waals surface area contributed by atoms with E-state index < -0.39 is 0 Å². The lowest BCUT2D eigenvalue weighted by molar-refractivity contribution is 0.120. The Morgan fingerprint density at radius 2 is 2.13 bits per heavy atom. The molecule has 0 amide bonds. The lowest BCUT2D eigenvalue weighted by Crippen LogP contribution is -2.07. The average molecular weight is 312 g/mol. The Morgan fingerprint density at radius 1 is 1.22 bits per heavy atom. The number of hydrogen-bond acceptors (Lipinski definition) is 3. The van der Waals surface area contributed by atoms with Crippen LogP contribution in [-0.4, -0.2) is 33.2 Å². The van der Waals surface area contributed by atoms with E-state index in [0.717, 1.165) is 41.7 Å². The molecule has 0 aliphatic rings. The maximum atomic E-state index is 5.64. The number of benzene rings is 1. The average Bonchev–Trinajstić information content (AvgIpc) is 3.16. The quantitative estimate of drug-likeness (QED) is 0.641. The highest BCUT2D eigenvalue weighted by atomic mass is 16.5. The fourth-order valence-corrected chi connectivity index (χ4v) is 2.67. The Morgan fingerprint density at radius 3 is 3.00 bits per heavy atom. The second kappa shape index (κ2) is 7.42. The molecule has 0 atom stereocenters. The van der Waals surface area contributed by atoms with Crippen molar-refractivity contribution in [2.75, 3.05) is 13.2 Å². The summed E-state index contributed by atoms with van der Waals surface area (Å²) in [5.41, 5.74) is 4.28. The molecular formula is C18H24N4O. The van der Waals surface area contributed by atoms with Gasteiger partial charge in [-0.3, -0.25) is 9.78 Å². The summed E-state index contributed by atoms with van der Waals surface area (Å²) in [6.45, 7) is 6.60. The number of fused-ring (bicyclic) bond motifs is 1. The molecule has 0 saturated carbocycles. The van der Waals surface area contributed by atoms with Crippen LogP contribution in [-0.2, 0) is 11.3 Å². The zero-order valence-corrected chi connectivity index (χ0v) is 13.9. The Hall–Kier alpha value is -2.14. The number of hydrogen-bond donors (Lipinski definition) is 1. The summed E-state index contributed by atoms with van der Waals surface area (Å²) in [7, 11) is 0. The van der Waals surface area contributed by atoms with E-state index in [4.69, 9.17) is 4.74 Å². The first-order chi connectivity index (χ1) is 11.3. The topological polar surface area (TPSA) is 55.7 Å². The van der Waals surface area contributed by atoms with Gasteiger partial charge in [-0.2, -0.15) is 10.2 Å². The maximum Gasteiger partial charge on any atom is 0.103 e. The number of aromatic amines is 1. The molecule has 0 unspecified atom stereocenters. The van der Waals surface area contributed by atoms with E-state index >= 15 is 0 Å². The number of nitrogens with zero attached hydrogens (tertiary/aromatic N) is 3. The fraction of sp³-hybridized carbons (Fsp3) is 0.444. The predicted octanol–water partition coefficient (Wildman–Crippen LogP) is 3.94. The van der Waals surface area contributed by atoms with Crippen LogP contribution in [0.3, 0.4) is 0 Å². The zero-order valence-electron chi connectivity index (χ0n) is 13.9. The lowest BCUT2D eigenvalue weighted by Gasteiger charge is -2.03. The van der Waals surface area contributed by atoms with Gasteiger partial charge in [-0.05, 0) is 25.5 Å². The molecule has 0 aliphatic heterocycles. The van der Waals surface area contributed by atoms with E-state index in [0.29, 0.717) is 6.61 Å². The third-order valence-electron chi connectivity index (χ3n) is 3.98. The maximum absolute atomic E-state index is 5.64. The van der Waals surface area contributed by atoms with Crippen molar-refractivity contribution in [2.45, 2.75) is 39.7 Å². The first-order valence-corrected chi connectivity index (χ1v) is 8.33. The summed E-state index contributed by atoms with van der Waals surface area (Å²) in [4.78, 5) is 0. The van der Waals surface area contributed by atoms with E-state index in [1.54, 1.807) is 0 Å². The van der Waals surface area contributed by atoms with Crippen molar-refractivity contribution in [2.24, 2.45) is 0 Å². The molecule has 0 fully saturated rings. The summed E-state index contributed by atoms with van der Waals surface area (Å²) < 4.78 is 7.57. The van der Waals surface area contributed by atoms with Crippen LogP contribution < -0.4 is 0 Å². The summed E-state index contributed by atoms with van der Waals surface area (Å²) in [5.74, 6) is 0. The monoisotopic (exact) mass is 312 g/mol. The standard InChI is InChI=1S/C18H24N4O/c1-3-4-5-9-23-10-8-22-13-15(12-19-22)18-16-11-14(2)6-7-17(16)20-21-18/h6-7,11-13H,3-5,8-10H2,1-2H3,(H,20,21). The smallest absolute Gasteiger partial charge is 0.103 e. The number of ether oxygens (including phenoxy) is 1. The van der Waals surface area contributed by atoms with Crippen LogP contribution in [0.15, 0.2) is 30.6 Å². The minimum Gasteiger partial charge on any atom is -0.380 e. The van der Waals surface area contributed by atoms with Gasteiger partial charge in [0.25, 0.3) is 0 Å². The first-order valence-electron chi connectivity index (χ1n) is 8.33. The van der Waals surface area contributed by atoms with Crippen LogP contribution in [0.4, 0.5) is 0 Å². The summed E-state index contributed by atoms with van der Waals surface area (Å²) in [5, 5.41) is 13.1. The predicted molar refractivity (Wildman–Crippen MR) is 92.4 cm³/mol. The minimum atomic E-state index is 0.700. The van der Waals surface area contributed by atoms with Crippen molar-refractivity contribution in [1.82, 2.24) is 20.0 Å². The minimum absolute atomic E-state index is 0.700. The molecule has 1 N–H and O–H groups in total. The van der Waals surface area contributed by atoms with Crippen LogP contribution in [0.2, 0.25) is 0 Å². The SMILES string of the molecule is CCCCCOCCn1cc(-c2n[nH]c3ccc(C)cc23)cn1. The van der Waals surface area contributed by atoms with Crippen molar-refractivity contribution in [3.05, 3.63) is 36.2 Å². The second-order valence-corrected chi connectivity index (χ2v) is 5.93. The number of rotatable bonds is 8. The van der Waals surface area contributed by atoms with E-state index in [1.165, 1.54) is 18.4 Å². The molecule has 3 rings (SSSR count). The number of H-pyrrole nitrogens is 1. The highest BCUT2D eigenvalue weighted by molar-refractivity contribution is 5.92. The fourth-order valence-electron chi connectivity index (χ4n) is 2.67. The van der Waals surface area contributed by atoms with Crippen LogP contribution in [0, 0.1) is 6.92 Å². The highest BCUT2D eigenvalue weighted by Gasteiger charge is 2.10. The lowest BCUT2D eigenvalue weighted by atomic mass is 10.1. The van der Waals surface area contributed by atoms with Crippen molar-refractivity contribution in [3.63, 3.8) is 0 Å². The van der Waals surface area contributed by atoms with Crippen LogP contribution >= 0.6 is 0 Å². The van der Waals surface area contributed by atoms with Gasteiger partial charge < -0.3 is 4.74 Å². The van der Waals surface area contributed by atoms with Crippen LogP contribution in [0.1, 0.15) is 31.7 Å². The normalized spacial score (nSPS) is 11.4. The van der Waals surface area contributed by atoms with Gasteiger partial charge >= 0.3 is 0 Å². The van der Waals surface area contributed by atoms with Crippen LogP contribution in [0.25, 0.3) is 22.2 Å². The van der Waals surface area contributed by atoms with Gasteiger partial charge in [0, 0.05) is 23.8 Å². The largest absolute Gasteiger partial charge is 0.380 e. The molecule has 2 heterocycles. The third-order valence-corrected chi connectivity index (χ3v) is 3.98. The van der Waals surface area contributed by atoms with Crippen molar-refractivity contribution in [1.29, 1.82) is 0 Å². The highest BCUT2D eigenvalue weighted by Crippen LogP contribution is 2.26. The number of aryl methyl sites for hydroxylation is 1. The van der Waals surface area contributed by atoms with Crippen molar-refractivity contribution < 1.29 is 4.74 Å². The summed E-state index contributed by atoms with van der Waals surface area (Å²) in [6.07, 6.45) is 7.50. The van der Waals surface area contributed by atoms with Gasteiger partial charge in [0.05, 0.1) is 24.9 Å². The molecule has 5 nitrogen and oxygen atoms in total. The molecule has 5 heteroatoms. The van der Waals surface area contributed by atoms with Crippen LogP contribution in [0.5, 0.6) is 0 Å². The van der Waals surface area contributed by atoms with Gasteiger partial charge in [-0.25, -0.2) is 0 Å². The molecule has 0 aliphatic carbocycles. The van der Waals surface area contributed by atoms with Gasteiger partial charge in [-0.15, -0.1) is 0 Å². The third kappa shape index (κ3) is 3.79. The molecule has 122 valence electrons. The van der Waals surface area contributed by atoms with E-state index in [9.17, 15) is 0 Å². The van der Waals surface area contributed by atoms with Crippen molar-refractivity contribution >= 4 is 10.9 Å². The second-order valence-electron chi connectivity index (χ2n) is 5.93. The Kier molecular flexibility index (Phi) is 5.08. The Balaban J connectivity index is 1.63. The van der Waals surface area contributed by atoms with E-state index in [1.807, 2.05) is 17.1 Å². The molecular weight excluding hydrogens is 288 g/mol. The summed E-state index contributed by atoms with van der Waals surface area (Å²) in [6, 6.07) is 6.31. The number of unbranched alkanes of at least 4 members (excludes halogenated alkanes) is 2. The zero-order chi connectivity index (χ0) is 16.1. The number of nitrogens with one attached hydrogen (secondary N) is 1. The molecule has 0 bridgehead atoms. The molecule has 2 aromatic heterocycles. The molecule has 0 saturated heterocycles. The Bertz CT molecular complexity index is 759. The van der Waals surface area contributed by atoms with Gasteiger partial charge in [0.2, 0.25) is 0 Å². The molecule has 23 heavy (non-hydrogen) atoms. The Labute approximate surface area is 136 Å². The molecule has 1 aromatic carbocycles. The van der Waals surface area contributed by atoms with Gasteiger partial charge in [0.1, 0.15) is 5.69 Å². The number of aromatic nitrogens is 4. The first kappa shape index (κ1) is 15.7. The van der Waals surface area contributed by atoms with Gasteiger partial charge in [-0.1, -0.05) is 31.4 Å². The van der Waals surface area contributed by atoms with Gasteiger partial charge in [0.15, 0.2) is 0 Å². The molecule has 0 spiro atoms. The molecule has 0 radical (unpaired) electrons. The summed E-state index contributed by atoms with van der Waals surface area (Å²) >= 11 is 0. The van der Waals surface area contributed by atoms with E-state index in [-0.39, 0.29) is 0 Å². The molecule has 3 aromatic rings. The van der Waals surface area contributed by atoms with E-state index in [2.05, 4.69) is 47.3 Å². The van der Waals surface area contributed by atoms with Crippen molar-refractivity contribution in [3.8, 4) is 11.3 Å².